The molecule has 2 amide bonds. The first-order valence-electron chi connectivity index (χ1n) is 9.68. The number of non-ortho nitro benzene ring substituents is 1. The molecule has 7 heteroatoms. The highest BCUT2D eigenvalue weighted by Gasteiger charge is 2.54. The van der Waals surface area contributed by atoms with Crippen molar-refractivity contribution in [2.45, 2.75) is 51.0 Å². The van der Waals surface area contributed by atoms with Gasteiger partial charge in [-0.2, -0.15) is 0 Å². The summed E-state index contributed by atoms with van der Waals surface area (Å²) in [6.45, 7) is 0. The van der Waals surface area contributed by atoms with E-state index in [4.69, 9.17) is 5.73 Å². The molecule has 4 bridgehead atoms. The molecule has 1 atom stereocenters. The van der Waals surface area contributed by atoms with Crippen molar-refractivity contribution in [1.29, 1.82) is 0 Å². The number of nitro groups is 1. The lowest BCUT2D eigenvalue weighted by atomic mass is 9.49. The van der Waals surface area contributed by atoms with Gasteiger partial charge in [0.25, 0.3) is 5.69 Å². The lowest BCUT2D eigenvalue weighted by molar-refractivity contribution is -0.384. The van der Waals surface area contributed by atoms with E-state index in [1.165, 1.54) is 31.4 Å². The molecule has 3 N–H and O–H groups in total. The first-order valence-corrected chi connectivity index (χ1v) is 9.68. The lowest BCUT2D eigenvalue weighted by Gasteiger charge is -2.55. The molecule has 7 nitrogen and oxygen atoms in total. The average molecular weight is 371 g/mol. The summed E-state index contributed by atoms with van der Waals surface area (Å²) in [6.07, 6.45) is 6.75. The maximum atomic E-state index is 13.1. The van der Waals surface area contributed by atoms with Crippen LogP contribution in [0.15, 0.2) is 24.3 Å². The van der Waals surface area contributed by atoms with Crippen molar-refractivity contribution in [3.63, 3.8) is 0 Å². The van der Waals surface area contributed by atoms with Crippen LogP contribution >= 0.6 is 0 Å². The predicted molar refractivity (Wildman–Crippen MR) is 98.5 cm³/mol. The number of carbonyl (C=O) groups excluding carboxylic acids is 2. The van der Waals surface area contributed by atoms with Crippen LogP contribution in [-0.4, -0.2) is 22.8 Å². The van der Waals surface area contributed by atoms with Crippen molar-refractivity contribution in [3.05, 3.63) is 39.9 Å². The zero-order valence-corrected chi connectivity index (χ0v) is 15.2. The molecule has 0 saturated heterocycles. The largest absolute Gasteiger partial charge is 0.368 e. The molecule has 0 aliphatic heterocycles. The zero-order valence-electron chi connectivity index (χ0n) is 15.2. The Kier molecular flexibility index (Phi) is 4.40. The van der Waals surface area contributed by atoms with Gasteiger partial charge in [-0.15, -0.1) is 0 Å². The first-order chi connectivity index (χ1) is 12.8. The third-order valence-corrected chi connectivity index (χ3v) is 6.76. The molecule has 1 aromatic carbocycles. The second-order valence-corrected chi connectivity index (χ2v) is 8.75. The van der Waals surface area contributed by atoms with Crippen molar-refractivity contribution in [1.82, 2.24) is 5.32 Å². The number of carbonyl (C=O) groups is 2. The molecule has 4 saturated carbocycles. The number of nitrogens with zero attached hydrogens (tertiary/aromatic N) is 1. The van der Waals surface area contributed by atoms with Gasteiger partial charge in [-0.3, -0.25) is 19.7 Å². The Morgan fingerprint density at radius 3 is 2.07 bits per heavy atom. The smallest absolute Gasteiger partial charge is 0.269 e. The SMILES string of the molecule is NC(=O)[C@@H](Cc1ccc([N+](=O)[O-])cc1)NC(=O)C12CC3CC(CC(C3)C1)C2. The van der Waals surface area contributed by atoms with Gasteiger partial charge in [0, 0.05) is 24.0 Å². The molecule has 0 spiro atoms. The minimum absolute atomic E-state index is 0.00743. The molecular weight excluding hydrogens is 346 g/mol. The van der Waals surface area contributed by atoms with E-state index >= 15 is 0 Å². The summed E-state index contributed by atoms with van der Waals surface area (Å²) in [6, 6.07) is 5.20. The molecule has 144 valence electrons. The van der Waals surface area contributed by atoms with Gasteiger partial charge in [0.15, 0.2) is 0 Å². The third kappa shape index (κ3) is 3.42. The highest BCUT2D eigenvalue weighted by molar-refractivity contribution is 5.90. The summed E-state index contributed by atoms with van der Waals surface area (Å²) in [5.74, 6) is 1.31. The standard InChI is InChI=1S/C20H25N3O4/c21-18(24)17(8-12-1-3-16(4-2-12)23(26)27)22-19(25)20-9-13-5-14(10-20)7-15(6-13)11-20/h1-4,13-15,17H,5-11H2,(H2,21,24)(H,22,25)/t13?,14?,15?,17-,20?/m1/s1. The summed E-state index contributed by atoms with van der Waals surface area (Å²) in [7, 11) is 0. The second-order valence-electron chi connectivity index (χ2n) is 8.75. The minimum atomic E-state index is -0.799. The topological polar surface area (TPSA) is 115 Å². The fourth-order valence-electron chi connectivity index (χ4n) is 5.91. The van der Waals surface area contributed by atoms with E-state index in [0.29, 0.717) is 17.8 Å². The van der Waals surface area contributed by atoms with Crippen molar-refractivity contribution in [2.75, 3.05) is 0 Å². The number of nitro benzene ring substituents is 1. The Balaban J connectivity index is 1.46. The van der Waals surface area contributed by atoms with E-state index in [1.807, 2.05) is 0 Å². The molecule has 0 radical (unpaired) electrons. The summed E-state index contributed by atoms with van der Waals surface area (Å²) < 4.78 is 0. The average Bonchev–Trinajstić information content (AvgIpc) is 2.60. The van der Waals surface area contributed by atoms with E-state index in [2.05, 4.69) is 5.32 Å². The Morgan fingerprint density at radius 2 is 1.63 bits per heavy atom. The Labute approximate surface area is 157 Å². The van der Waals surface area contributed by atoms with E-state index in [0.717, 1.165) is 24.8 Å². The molecule has 5 rings (SSSR count). The van der Waals surface area contributed by atoms with Gasteiger partial charge in [-0.1, -0.05) is 12.1 Å². The van der Waals surface area contributed by atoms with E-state index in [1.54, 1.807) is 12.1 Å². The summed E-state index contributed by atoms with van der Waals surface area (Å²) in [5, 5.41) is 13.7. The van der Waals surface area contributed by atoms with Crippen LogP contribution < -0.4 is 11.1 Å². The predicted octanol–water partition coefficient (Wildman–Crippen LogP) is 2.32. The van der Waals surface area contributed by atoms with Crippen molar-refractivity contribution in [2.24, 2.45) is 28.9 Å². The third-order valence-electron chi connectivity index (χ3n) is 6.76. The van der Waals surface area contributed by atoms with E-state index in [-0.39, 0.29) is 23.4 Å². The van der Waals surface area contributed by atoms with Crippen molar-refractivity contribution in [3.8, 4) is 0 Å². The van der Waals surface area contributed by atoms with Crippen molar-refractivity contribution >= 4 is 17.5 Å². The van der Waals surface area contributed by atoms with Crippen LogP contribution in [0.1, 0.15) is 44.1 Å². The first kappa shape index (κ1) is 17.9. The van der Waals surface area contributed by atoms with Crippen LogP contribution in [0.2, 0.25) is 0 Å². The Morgan fingerprint density at radius 1 is 1.11 bits per heavy atom. The molecule has 0 heterocycles. The summed E-state index contributed by atoms with van der Waals surface area (Å²) >= 11 is 0. The van der Waals surface area contributed by atoms with Gasteiger partial charge in [-0.25, -0.2) is 0 Å². The number of rotatable bonds is 6. The quantitative estimate of drug-likeness (QED) is 0.590. The van der Waals surface area contributed by atoms with Crippen LogP contribution in [0.3, 0.4) is 0 Å². The highest BCUT2D eigenvalue weighted by Crippen LogP contribution is 2.60. The van der Waals surface area contributed by atoms with Gasteiger partial charge < -0.3 is 11.1 Å². The Bertz CT molecular complexity index is 739. The molecule has 27 heavy (non-hydrogen) atoms. The molecule has 0 aromatic heterocycles. The molecule has 4 aliphatic carbocycles. The lowest BCUT2D eigenvalue weighted by Crippen LogP contribution is -2.57. The fourth-order valence-corrected chi connectivity index (χ4v) is 5.91. The van der Waals surface area contributed by atoms with Gasteiger partial charge in [-0.05, 0) is 61.8 Å². The fraction of sp³-hybridized carbons (Fsp3) is 0.600. The normalized spacial score (nSPS) is 32.1. The van der Waals surface area contributed by atoms with Gasteiger partial charge in [0.05, 0.1) is 4.92 Å². The molecule has 4 aliphatic rings. The number of hydrogen-bond acceptors (Lipinski definition) is 4. The Hall–Kier alpha value is -2.44. The van der Waals surface area contributed by atoms with Crippen molar-refractivity contribution < 1.29 is 14.5 Å². The number of benzene rings is 1. The molecule has 4 fully saturated rings. The number of amides is 2. The number of nitrogens with one attached hydrogen (secondary N) is 1. The maximum Gasteiger partial charge on any atom is 0.269 e. The zero-order chi connectivity index (χ0) is 19.2. The van der Waals surface area contributed by atoms with Gasteiger partial charge >= 0.3 is 0 Å². The van der Waals surface area contributed by atoms with Crippen LogP contribution in [0.25, 0.3) is 0 Å². The molecule has 1 aromatic rings. The van der Waals surface area contributed by atoms with E-state index < -0.39 is 16.9 Å². The summed E-state index contributed by atoms with van der Waals surface area (Å²) in [5.41, 5.74) is 5.93. The van der Waals surface area contributed by atoms with Gasteiger partial charge in [0.2, 0.25) is 11.8 Å². The number of nitrogens with two attached hydrogens (primary N) is 1. The second kappa shape index (κ2) is 6.62. The number of primary amides is 1. The minimum Gasteiger partial charge on any atom is -0.368 e. The maximum absolute atomic E-state index is 13.1. The molecular formula is C20H25N3O4. The van der Waals surface area contributed by atoms with Crippen LogP contribution in [0.5, 0.6) is 0 Å². The highest BCUT2D eigenvalue weighted by atomic mass is 16.6. The van der Waals surface area contributed by atoms with Gasteiger partial charge in [0.1, 0.15) is 6.04 Å². The van der Waals surface area contributed by atoms with Crippen LogP contribution in [-0.2, 0) is 16.0 Å². The van der Waals surface area contributed by atoms with Crippen LogP contribution in [0, 0.1) is 33.3 Å². The van der Waals surface area contributed by atoms with E-state index in [9.17, 15) is 19.7 Å². The van der Waals surface area contributed by atoms with Crippen LogP contribution in [0.4, 0.5) is 5.69 Å². The summed E-state index contributed by atoms with van der Waals surface area (Å²) in [4.78, 5) is 35.4. The monoisotopic (exact) mass is 371 g/mol. The molecule has 0 unspecified atom stereocenters. The number of hydrogen-bond donors (Lipinski definition) is 2.